The van der Waals surface area contributed by atoms with Gasteiger partial charge in [0.05, 0.1) is 11.5 Å². The van der Waals surface area contributed by atoms with Crippen LogP contribution in [0.1, 0.15) is 70.6 Å². The summed E-state index contributed by atoms with van der Waals surface area (Å²) in [5, 5.41) is 13.6. The highest BCUT2D eigenvalue weighted by Gasteiger charge is 2.31. The van der Waals surface area contributed by atoms with E-state index in [1.165, 1.54) is 19.3 Å². The third-order valence-corrected chi connectivity index (χ3v) is 5.03. The van der Waals surface area contributed by atoms with E-state index >= 15 is 0 Å². The van der Waals surface area contributed by atoms with Gasteiger partial charge in [0.2, 0.25) is 5.91 Å². The van der Waals surface area contributed by atoms with Crippen molar-refractivity contribution in [1.82, 2.24) is 5.32 Å². The molecule has 0 aromatic heterocycles. The van der Waals surface area contributed by atoms with E-state index in [0.717, 1.165) is 51.4 Å². The van der Waals surface area contributed by atoms with Gasteiger partial charge in [-0.05, 0) is 25.7 Å². The fraction of sp³-hybridized carbons (Fsp3) is 0.938. The molecule has 0 aromatic carbocycles. The molecule has 0 radical (unpaired) electrons. The molecule has 2 fully saturated rings. The van der Waals surface area contributed by atoms with Gasteiger partial charge in [0.25, 0.3) is 0 Å². The minimum absolute atomic E-state index is 0.0127. The lowest BCUT2D eigenvalue weighted by atomic mass is 9.92. The number of rotatable bonds is 3. The molecule has 0 bridgehead atoms. The van der Waals surface area contributed by atoms with Gasteiger partial charge in [-0.2, -0.15) is 0 Å². The number of hydrogen-bond donors (Lipinski definition) is 3. The Balaban J connectivity index is 1.83. The highest BCUT2D eigenvalue weighted by atomic mass is 16.3. The van der Waals surface area contributed by atoms with Gasteiger partial charge in [-0.1, -0.05) is 44.9 Å². The summed E-state index contributed by atoms with van der Waals surface area (Å²) < 4.78 is 0. The zero-order chi connectivity index (χ0) is 14.4. The van der Waals surface area contributed by atoms with Crippen molar-refractivity contribution in [3.63, 3.8) is 0 Å². The average Bonchev–Trinajstić information content (AvgIpc) is 2.77. The van der Waals surface area contributed by atoms with Crippen LogP contribution in [0.25, 0.3) is 0 Å². The molecule has 4 N–H and O–H groups in total. The molecule has 0 aromatic rings. The third-order valence-electron chi connectivity index (χ3n) is 5.03. The van der Waals surface area contributed by atoms with Crippen molar-refractivity contribution in [2.24, 2.45) is 11.7 Å². The summed E-state index contributed by atoms with van der Waals surface area (Å²) >= 11 is 0. The molecular formula is C16H30N2O2. The largest absolute Gasteiger partial charge is 0.388 e. The first kappa shape index (κ1) is 15.8. The van der Waals surface area contributed by atoms with E-state index in [2.05, 4.69) is 5.32 Å². The summed E-state index contributed by atoms with van der Waals surface area (Å²) in [5.74, 6) is -0.0102. The second-order valence-electron chi connectivity index (χ2n) is 6.76. The number of amides is 1. The first-order valence-electron chi connectivity index (χ1n) is 8.36. The van der Waals surface area contributed by atoms with Crippen LogP contribution in [-0.4, -0.2) is 29.2 Å². The van der Waals surface area contributed by atoms with Gasteiger partial charge < -0.3 is 16.2 Å². The first-order valence-corrected chi connectivity index (χ1v) is 8.36. The maximum atomic E-state index is 12.3. The minimum Gasteiger partial charge on any atom is -0.388 e. The highest BCUT2D eigenvalue weighted by molar-refractivity contribution is 5.79. The number of nitrogens with one attached hydrogen (secondary N) is 1. The topological polar surface area (TPSA) is 75.4 Å². The Kier molecular flexibility index (Phi) is 5.85. The van der Waals surface area contributed by atoms with E-state index in [0.29, 0.717) is 6.54 Å². The van der Waals surface area contributed by atoms with Crippen molar-refractivity contribution in [2.75, 3.05) is 6.54 Å². The molecule has 116 valence electrons. The van der Waals surface area contributed by atoms with Gasteiger partial charge in [-0.25, -0.2) is 0 Å². The fourth-order valence-corrected chi connectivity index (χ4v) is 3.61. The van der Waals surface area contributed by atoms with Crippen molar-refractivity contribution < 1.29 is 9.90 Å². The van der Waals surface area contributed by atoms with Crippen LogP contribution in [0.3, 0.4) is 0 Å². The van der Waals surface area contributed by atoms with E-state index in [-0.39, 0.29) is 17.9 Å². The molecular weight excluding hydrogens is 252 g/mol. The smallest absolute Gasteiger partial charge is 0.224 e. The summed E-state index contributed by atoms with van der Waals surface area (Å²) in [6.45, 7) is 0.398. The molecule has 2 aliphatic carbocycles. The van der Waals surface area contributed by atoms with Crippen molar-refractivity contribution in [2.45, 2.75) is 82.3 Å². The van der Waals surface area contributed by atoms with Crippen LogP contribution < -0.4 is 11.1 Å². The number of carbonyl (C=O) groups is 1. The Hall–Kier alpha value is -0.610. The van der Waals surface area contributed by atoms with Crippen LogP contribution in [0.5, 0.6) is 0 Å². The summed E-state index contributed by atoms with van der Waals surface area (Å²) in [4.78, 5) is 12.3. The zero-order valence-electron chi connectivity index (χ0n) is 12.6. The standard InChI is InChI=1S/C16H30N2O2/c17-14-9-5-3-4-8-13(14)15(19)18-12-16(20)10-6-1-2-7-11-16/h13-14,20H,1-12,17H2,(H,18,19). The minimum atomic E-state index is -0.693. The van der Waals surface area contributed by atoms with Gasteiger partial charge in [0, 0.05) is 12.6 Å². The maximum absolute atomic E-state index is 12.3. The Bertz CT molecular complexity index is 312. The summed E-state index contributed by atoms with van der Waals surface area (Å²) in [6, 6.07) is -0.0127. The molecule has 2 unspecified atom stereocenters. The quantitative estimate of drug-likeness (QED) is 0.694. The van der Waals surface area contributed by atoms with Crippen molar-refractivity contribution in [3.05, 3.63) is 0 Å². The molecule has 4 nitrogen and oxygen atoms in total. The van der Waals surface area contributed by atoms with Crippen molar-refractivity contribution in [3.8, 4) is 0 Å². The van der Waals surface area contributed by atoms with E-state index in [1.807, 2.05) is 0 Å². The number of hydrogen-bond acceptors (Lipinski definition) is 3. The van der Waals surface area contributed by atoms with Gasteiger partial charge in [0.15, 0.2) is 0 Å². The van der Waals surface area contributed by atoms with E-state index in [9.17, 15) is 9.90 Å². The number of carbonyl (C=O) groups excluding carboxylic acids is 1. The van der Waals surface area contributed by atoms with E-state index in [1.54, 1.807) is 0 Å². The van der Waals surface area contributed by atoms with Gasteiger partial charge in [-0.3, -0.25) is 4.79 Å². The van der Waals surface area contributed by atoms with Crippen molar-refractivity contribution >= 4 is 5.91 Å². The molecule has 0 aliphatic heterocycles. The maximum Gasteiger partial charge on any atom is 0.224 e. The molecule has 0 heterocycles. The third kappa shape index (κ3) is 4.45. The number of aliphatic hydroxyl groups is 1. The molecule has 1 amide bonds. The van der Waals surface area contributed by atoms with E-state index in [4.69, 9.17) is 5.73 Å². The van der Waals surface area contributed by atoms with Gasteiger partial charge in [-0.15, -0.1) is 0 Å². The number of nitrogens with two attached hydrogens (primary N) is 1. The molecule has 2 saturated carbocycles. The van der Waals surface area contributed by atoms with Crippen LogP contribution in [0.2, 0.25) is 0 Å². The molecule has 4 heteroatoms. The van der Waals surface area contributed by atoms with Crippen LogP contribution in [0.15, 0.2) is 0 Å². The Morgan fingerprint density at radius 2 is 1.65 bits per heavy atom. The molecule has 0 spiro atoms. The summed E-state index contributed by atoms with van der Waals surface area (Å²) in [7, 11) is 0. The predicted molar refractivity (Wildman–Crippen MR) is 80.2 cm³/mol. The average molecular weight is 282 g/mol. The summed E-state index contributed by atoms with van der Waals surface area (Å²) in [6.07, 6.45) is 11.4. The molecule has 2 aliphatic rings. The highest BCUT2D eigenvalue weighted by Crippen LogP contribution is 2.27. The second-order valence-corrected chi connectivity index (χ2v) is 6.76. The second kappa shape index (κ2) is 7.41. The lowest BCUT2D eigenvalue weighted by Crippen LogP contribution is -2.47. The SMILES string of the molecule is NC1CCCCCC1C(=O)NCC1(O)CCCCCC1. The fourth-order valence-electron chi connectivity index (χ4n) is 3.61. The monoisotopic (exact) mass is 282 g/mol. The Morgan fingerprint density at radius 1 is 1.05 bits per heavy atom. The lowest BCUT2D eigenvalue weighted by Gasteiger charge is -2.28. The Morgan fingerprint density at radius 3 is 2.35 bits per heavy atom. The first-order chi connectivity index (χ1) is 9.61. The lowest BCUT2D eigenvalue weighted by molar-refractivity contribution is -0.127. The van der Waals surface area contributed by atoms with Crippen molar-refractivity contribution in [1.29, 1.82) is 0 Å². The molecule has 0 saturated heterocycles. The van der Waals surface area contributed by atoms with Gasteiger partial charge in [0.1, 0.15) is 0 Å². The van der Waals surface area contributed by atoms with Crippen LogP contribution in [0.4, 0.5) is 0 Å². The normalized spacial score (nSPS) is 31.1. The Labute approximate surface area is 122 Å². The van der Waals surface area contributed by atoms with Crippen LogP contribution in [-0.2, 0) is 4.79 Å². The molecule has 20 heavy (non-hydrogen) atoms. The molecule has 2 rings (SSSR count). The van der Waals surface area contributed by atoms with Crippen LogP contribution >= 0.6 is 0 Å². The summed E-state index contributed by atoms with van der Waals surface area (Å²) in [5.41, 5.74) is 5.43. The van der Waals surface area contributed by atoms with E-state index < -0.39 is 5.60 Å². The zero-order valence-corrected chi connectivity index (χ0v) is 12.6. The van der Waals surface area contributed by atoms with Crippen LogP contribution in [0, 0.1) is 5.92 Å². The molecule has 2 atom stereocenters. The predicted octanol–water partition coefficient (Wildman–Crippen LogP) is 2.10. The van der Waals surface area contributed by atoms with Gasteiger partial charge >= 0.3 is 0 Å².